The molecule has 4 rings (SSSR count). The maximum absolute atomic E-state index is 5.68. The van der Waals surface area contributed by atoms with Gasteiger partial charge in [-0.25, -0.2) is 0 Å². The van der Waals surface area contributed by atoms with Crippen LogP contribution >= 0.6 is 12.2 Å². The number of benzene rings is 1. The Kier molecular flexibility index (Phi) is 4.55. The molecule has 1 aromatic heterocycles. The molecular weight excluding hydrogens is 316 g/mol. The molecule has 1 N–H and O–H groups in total. The average Bonchev–Trinajstić information content (AvgIpc) is 2.91. The first-order valence-electron chi connectivity index (χ1n) is 9.28. The van der Waals surface area contributed by atoms with Crippen molar-refractivity contribution in [1.82, 2.24) is 14.3 Å². The number of nitrogens with zero attached hydrogens (tertiary/aromatic N) is 3. The molecule has 2 aliphatic rings. The van der Waals surface area contributed by atoms with Crippen molar-refractivity contribution in [1.29, 1.82) is 0 Å². The van der Waals surface area contributed by atoms with Crippen LogP contribution in [-0.2, 0) is 13.7 Å². The summed E-state index contributed by atoms with van der Waals surface area (Å²) >= 11 is 5.68. The molecule has 2 heterocycles. The van der Waals surface area contributed by atoms with Crippen molar-refractivity contribution in [3.05, 3.63) is 35.1 Å². The molecule has 128 valence electrons. The van der Waals surface area contributed by atoms with Gasteiger partial charge in [0.25, 0.3) is 0 Å². The average molecular weight is 344 g/mol. The molecule has 1 aromatic carbocycles. The standard InChI is InChI=1S/C19H26N4S/c1-21-18(16-9-3-2-4-10-16)20-23(19(21)24)14-22-13-7-11-15-8-5-6-12-17(15)22/h2-4,9-10,15,17H,5-8,11-14H2,1H3/p+1/t15-,17+/m1/s1. The topological polar surface area (TPSA) is 27.2 Å². The third kappa shape index (κ3) is 2.95. The lowest BCUT2D eigenvalue weighted by Crippen LogP contribution is -3.17. The Morgan fingerprint density at radius 1 is 1.12 bits per heavy atom. The molecular formula is C19H27N4S+. The highest BCUT2D eigenvalue weighted by atomic mass is 32.1. The number of quaternary nitrogens is 1. The zero-order valence-electron chi connectivity index (χ0n) is 14.4. The molecule has 0 bridgehead atoms. The fraction of sp³-hybridized carbons (Fsp3) is 0.579. The monoisotopic (exact) mass is 343 g/mol. The summed E-state index contributed by atoms with van der Waals surface area (Å²) in [6.07, 6.45) is 8.41. The fourth-order valence-corrected chi connectivity index (χ4v) is 4.88. The number of fused-ring (bicyclic) bond motifs is 1. The summed E-state index contributed by atoms with van der Waals surface area (Å²) in [5.74, 6) is 1.89. The summed E-state index contributed by atoms with van der Waals surface area (Å²) in [5, 5.41) is 4.87. The van der Waals surface area contributed by atoms with Gasteiger partial charge in [0.05, 0.1) is 12.6 Å². The first-order chi connectivity index (χ1) is 11.7. The van der Waals surface area contributed by atoms with Crippen molar-refractivity contribution in [2.45, 2.75) is 51.2 Å². The van der Waals surface area contributed by atoms with E-state index in [9.17, 15) is 0 Å². The van der Waals surface area contributed by atoms with Crippen LogP contribution in [0, 0.1) is 10.7 Å². The van der Waals surface area contributed by atoms with Gasteiger partial charge in [0, 0.05) is 18.5 Å². The van der Waals surface area contributed by atoms with Gasteiger partial charge in [0.2, 0.25) is 4.77 Å². The van der Waals surface area contributed by atoms with E-state index < -0.39 is 0 Å². The maximum Gasteiger partial charge on any atom is 0.202 e. The van der Waals surface area contributed by atoms with Crippen LogP contribution in [0.1, 0.15) is 38.5 Å². The lowest BCUT2D eigenvalue weighted by molar-refractivity contribution is -0.958. The summed E-state index contributed by atoms with van der Waals surface area (Å²) in [6, 6.07) is 11.2. The fourth-order valence-electron chi connectivity index (χ4n) is 4.69. The summed E-state index contributed by atoms with van der Waals surface area (Å²) in [6.45, 7) is 2.18. The molecule has 0 spiro atoms. The zero-order valence-corrected chi connectivity index (χ0v) is 15.3. The van der Waals surface area contributed by atoms with Gasteiger partial charge in [0.1, 0.15) is 0 Å². The van der Waals surface area contributed by atoms with Crippen LogP contribution in [-0.4, -0.2) is 26.9 Å². The molecule has 4 nitrogen and oxygen atoms in total. The normalized spacial score (nSPS) is 27.0. The van der Waals surface area contributed by atoms with E-state index in [2.05, 4.69) is 28.9 Å². The number of nitrogens with one attached hydrogen (secondary N) is 1. The lowest BCUT2D eigenvalue weighted by Gasteiger charge is -2.40. The highest BCUT2D eigenvalue weighted by Gasteiger charge is 2.36. The number of aromatic nitrogens is 3. The number of rotatable bonds is 3. The molecule has 0 radical (unpaired) electrons. The van der Waals surface area contributed by atoms with Crippen molar-refractivity contribution in [3.63, 3.8) is 0 Å². The van der Waals surface area contributed by atoms with Gasteiger partial charge in [-0.1, -0.05) is 36.8 Å². The molecule has 1 aliphatic carbocycles. The SMILES string of the molecule is Cn1c(-c2ccccc2)nn(C[NH+]2CCC[C@H]3CCCC[C@@H]32)c1=S. The third-order valence-electron chi connectivity index (χ3n) is 5.93. The van der Waals surface area contributed by atoms with E-state index in [1.807, 2.05) is 17.7 Å². The zero-order chi connectivity index (χ0) is 16.5. The molecule has 1 saturated carbocycles. The Bertz CT molecular complexity index is 746. The largest absolute Gasteiger partial charge is 0.314 e. The van der Waals surface area contributed by atoms with E-state index in [0.29, 0.717) is 0 Å². The molecule has 2 fully saturated rings. The van der Waals surface area contributed by atoms with E-state index in [-0.39, 0.29) is 0 Å². The maximum atomic E-state index is 5.68. The van der Waals surface area contributed by atoms with Gasteiger partial charge in [-0.05, 0) is 44.3 Å². The van der Waals surface area contributed by atoms with Gasteiger partial charge in [-0.2, -0.15) is 4.68 Å². The Morgan fingerprint density at radius 2 is 1.88 bits per heavy atom. The highest BCUT2D eigenvalue weighted by molar-refractivity contribution is 7.71. The van der Waals surface area contributed by atoms with Crippen LogP contribution in [0.2, 0.25) is 0 Å². The van der Waals surface area contributed by atoms with Crippen molar-refractivity contribution in [2.75, 3.05) is 6.54 Å². The van der Waals surface area contributed by atoms with Crippen molar-refractivity contribution >= 4 is 12.2 Å². The molecule has 1 saturated heterocycles. The second-order valence-electron chi connectivity index (χ2n) is 7.39. The Morgan fingerprint density at radius 3 is 2.71 bits per heavy atom. The molecule has 5 heteroatoms. The van der Waals surface area contributed by atoms with Gasteiger partial charge in [-0.3, -0.25) is 0 Å². The molecule has 2 aromatic rings. The summed E-state index contributed by atoms with van der Waals surface area (Å²) in [7, 11) is 2.03. The molecule has 0 amide bonds. The smallest absolute Gasteiger partial charge is 0.202 e. The van der Waals surface area contributed by atoms with Gasteiger partial charge in [-0.15, -0.1) is 5.10 Å². The van der Waals surface area contributed by atoms with E-state index in [1.165, 1.54) is 45.1 Å². The number of likely N-dealkylation sites (tertiary alicyclic amines) is 1. The molecule has 24 heavy (non-hydrogen) atoms. The molecule has 1 aliphatic heterocycles. The lowest BCUT2D eigenvalue weighted by atomic mass is 9.78. The number of hydrogen-bond donors (Lipinski definition) is 1. The Balaban J connectivity index is 1.60. The van der Waals surface area contributed by atoms with E-state index in [4.69, 9.17) is 17.3 Å². The predicted molar refractivity (Wildman–Crippen MR) is 98.3 cm³/mol. The van der Waals surface area contributed by atoms with Crippen LogP contribution in [0.5, 0.6) is 0 Å². The van der Waals surface area contributed by atoms with Crippen molar-refractivity contribution < 1.29 is 4.90 Å². The van der Waals surface area contributed by atoms with Gasteiger partial charge >= 0.3 is 0 Å². The predicted octanol–water partition coefficient (Wildman–Crippen LogP) is 2.81. The number of piperidine rings is 1. The van der Waals surface area contributed by atoms with Crippen molar-refractivity contribution in [3.8, 4) is 11.4 Å². The molecule has 1 unspecified atom stereocenters. The van der Waals surface area contributed by atoms with Crippen LogP contribution in [0.4, 0.5) is 0 Å². The van der Waals surface area contributed by atoms with E-state index in [0.717, 1.165) is 34.8 Å². The van der Waals surface area contributed by atoms with Crippen LogP contribution < -0.4 is 4.90 Å². The minimum atomic E-state index is 0.816. The summed E-state index contributed by atoms with van der Waals surface area (Å²) in [4.78, 5) is 1.69. The second kappa shape index (κ2) is 6.81. The summed E-state index contributed by atoms with van der Waals surface area (Å²) in [5.41, 5.74) is 1.13. The van der Waals surface area contributed by atoms with Crippen molar-refractivity contribution in [2.24, 2.45) is 13.0 Å². The van der Waals surface area contributed by atoms with E-state index in [1.54, 1.807) is 4.90 Å². The molecule has 3 atom stereocenters. The second-order valence-corrected chi connectivity index (χ2v) is 7.76. The number of hydrogen-bond acceptors (Lipinski definition) is 2. The van der Waals surface area contributed by atoms with Crippen LogP contribution in [0.15, 0.2) is 30.3 Å². The highest BCUT2D eigenvalue weighted by Crippen LogP contribution is 2.28. The minimum Gasteiger partial charge on any atom is -0.314 e. The first-order valence-corrected chi connectivity index (χ1v) is 9.68. The van der Waals surface area contributed by atoms with Gasteiger partial charge < -0.3 is 9.47 Å². The third-order valence-corrected chi connectivity index (χ3v) is 6.42. The minimum absolute atomic E-state index is 0.816. The van der Waals surface area contributed by atoms with E-state index >= 15 is 0 Å². The Labute approximate surface area is 149 Å². The van der Waals surface area contributed by atoms with Gasteiger partial charge in [0.15, 0.2) is 12.5 Å². The van der Waals surface area contributed by atoms with Crippen LogP contribution in [0.25, 0.3) is 11.4 Å². The summed E-state index contributed by atoms with van der Waals surface area (Å²) < 4.78 is 4.94. The quantitative estimate of drug-likeness (QED) is 0.868. The Hall–Kier alpha value is -1.46. The first kappa shape index (κ1) is 16.0. The van der Waals surface area contributed by atoms with Crippen LogP contribution in [0.3, 0.4) is 0 Å².